The van der Waals surface area contributed by atoms with Crippen LogP contribution >= 0.6 is 0 Å². The van der Waals surface area contributed by atoms with E-state index in [0.29, 0.717) is 11.3 Å². The highest BCUT2D eigenvalue weighted by Gasteiger charge is 2.35. The summed E-state index contributed by atoms with van der Waals surface area (Å²) in [6.07, 6.45) is 1.80. The maximum atomic E-state index is 11.2. The van der Waals surface area contributed by atoms with E-state index >= 15 is 0 Å². The van der Waals surface area contributed by atoms with E-state index in [1.165, 1.54) is 0 Å². The Labute approximate surface area is 141 Å². The highest BCUT2D eigenvalue weighted by atomic mass is 16.6. The predicted molar refractivity (Wildman–Crippen MR) is 95.7 cm³/mol. The van der Waals surface area contributed by atoms with Gasteiger partial charge in [-0.1, -0.05) is 72.3 Å². The number of fused-ring (bicyclic) bond motifs is 1. The Hall–Kier alpha value is -2.84. The summed E-state index contributed by atoms with van der Waals surface area (Å²) >= 11 is 0. The molecule has 0 spiro atoms. The summed E-state index contributed by atoms with van der Waals surface area (Å²) in [4.78, 5) is 0. The zero-order chi connectivity index (χ0) is 16.6. The van der Waals surface area contributed by atoms with Crippen LogP contribution in [0.5, 0.6) is 5.75 Å². The quantitative estimate of drug-likeness (QED) is 0.745. The molecule has 2 heteroatoms. The summed E-state index contributed by atoms with van der Waals surface area (Å²) in [6.45, 7) is 2.06. The predicted octanol–water partition coefficient (Wildman–Crippen LogP) is 4.66. The average molecular weight is 314 g/mol. The van der Waals surface area contributed by atoms with Crippen LogP contribution in [0.2, 0.25) is 0 Å². The third-order valence-electron chi connectivity index (χ3n) is 4.30. The van der Waals surface area contributed by atoms with E-state index in [0.717, 1.165) is 22.3 Å². The molecule has 4 rings (SSSR count). The molecule has 0 radical (unpaired) electrons. The van der Waals surface area contributed by atoms with Crippen LogP contribution in [0.25, 0.3) is 5.57 Å². The van der Waals surface area contributed by atoms with Crippen molar-refractivity contribution >= 4 is 5.57 Å². The van der Waals surface area contributed by atoms with Crippen LogP contribution in [0.3, 0.4) is 0 Å². The number of hydrogen-bond acceptors (Lipinski definition) is 2. The van der Waals surface area contributed by atoms with Gasteiger partial charge in [0, 0.05) is 17.2 Å². The second kappa shape index (κ2) is 5.66. The molecular formula is C22H18O2. The zero-order valence-corrected chi connectivity index (χ0v) is 13.4. The average Bonchev–Trinajstić information content (AvgIpc) is 2.63. The minimum atomic E-state index is -1.48. The first-order valence-electron chi connectivity index (χ1n) is 8.02. The maximum Gasteiger partial charge on any atom is 0.255 e. The van der Waals surface area contributed by atoms with Gasteiger partial charge in [-0.25, -0.2) is 0 Å². The minimum Gasteiger partial charge on any atom is -0.454 e. The first-order chi connectivity index (χ1) is 11.7. The molecule has 1 heterocycles. The van der Waals surface area contributed by atoms with Crippen molar-refractivity contribution in [1.29, 1.82) is 0 Å². The van der Waals surface area contributed by atoms with Crippen molar-refractivity contribution in [1.82, 2.24) is 0 Å². The molecule has 2 nitrogen and oxygen atoms in total. The van der Waals surface area contributed by atoms with Crippen molar-refractivity contribution < 1.29 is 9.84 Å². The van der Waals surface area contributed by atoms with Crippen molar-refractivity contribution in [3.05, 3.63) is 107 Å². The standard InChI is InChI=1S/C22H18O2/c1-16-12-13-21-19(14-16)20(17-8-4-2-5-9-17)15-22(23,24-21)18-10-6-3-7-11-18/h2-15,23H,1H3. The number of rotatable bonds is 2. The molecule has 118 valence electrons. The largest absolute Gasteiger partial charge is 0.454 e. The fourth-order valence-corrected chi connectivity index (χ4v) is 3.09. The molecule has 1 atom stereocenters. The molecule has 1 unspecified atom stereocenters. The molecule has 24 heavy (non-hydrogen) atoms. The van der Waals surface area contributed by atoms with Gasteiger partial charge >= 0.3 is 0 Å². The van der Waals surface area contributed by atoms with Crippen LogP contribution in [0.4, 0.5) is 0 Å². The normalized spacial score (nSPS) is 19.2. The lowest BCUT2D eigenvalue weighted by Crippen LogP contribution is -2.33. The van der Waals surface area contributed by atoms with E-state index in [4.69, 9.17) is 4.74 Å². The van der Waals surface area contributed by atoms with Gasteiger partial charge in [0.25, 0.3) is 5.79 Å². The Kier molecular flexibility index (Phi) is 3.47. The van der Waals surface area contributed by atoms with Gasteiger partial charge in [0.15, 0.2) is 0 Å². The Morgan fingerprint density at radius 1 is 0.833 bits per heavy atom. The monoisotopic (exact) mass is 314 g/mol. The van der Waals surface area contributed by atoms with Crippen LogP contribution in [-0.4, -0.2) is 5.11 Å². The highest BCUT2D eigenvalue weighted by molar-refractivity contribution is 5.85. The molecule has 0 aromatic heterocycles. The number of aryl methyl sites for hydroxylation is 1. The molecule has 0 aliphatic carbocycles. The van der Waals surface area contributed by atoms with Gasteiger partial charge in [0.05, 0.1) is 0 Å². The summed E-state index contributed by atoms with van der Waals surface area (Å²) in [7, 11) is 0. The van der Waals surface area contributed by atoms with Gasteiger partial charge in [0.1, 0.15) is 5.75 Å². The number of ether oxygens (including phenoxy) is 1. The third kappa shape index (κ3) is 2.51. The van der Waals surface area contributed by atoms with E-state index in [9.17, 15) is 5.11 Å². The highest BCUT2D eigenvalue weighted by Crippen LogP contribution is 2.42. The molecule has 0 bridgehead atoms. The minimum absolute atomic E-state index is 0.688. The van der Waals surface area contributed by atoms with Gasteiger partial charge in [-0.15, -0.1) is 0 Å². The van der Waals surface area contributed by atoms with E-state index < -0.39 is 5.79 Å². The summed E-state index contributed by atoms with van der Waals surface area (Å²) in [5.74, 6) is -0.789. The van der Waals surface area contributed by atoms with Gasteiger partial charge in [-0.3, -0.25) is 0 Å². The zero-order valence-electron chi connectivity index (χ0n) is 13.4. The number of hydrogen-bond donors (Lipinski definition) is 1. The number of benzene rings is 3. The molecule has 1 aliphatic rings. The first-order valence-corrected chi connectivity index (χ1v) is 8.02. The van der Waals surface area contributed by atoms with Crippen molar-refractivity contribution in [2.24, 2.45) is 0 Å². The lowest BCUT2D eigenvalue weighted by Gasteiger charge is -2.33. The molecule has 0 saturated heterocycles. The van der Waals surface area contributed by atoms with Gasteiger partial charge < -0.3 is 9.84 Å². The van der Waals surface area contributed by atoms with Crippen LogP contribution < -0.4 is 4.74 Å². The van der Waals surface area contributed by atoms with Crippen LogP contribution in [0.15, 0.2) is 84.9 Å². The summed E-state index contributed by atoms with van der Waals surface area (Å²) in [5, 5.41) is 11.2. The van der Waals surface area contributed by atoms with Crippen LogP contribution in [0.1, 0.15) is 22.3 Å². The van der Waals surface area contributed by atoms with Crippen LogP contribution in [0, 0.1) is 6.92 Å². The van der Waals surface area contributed by atoms with E-state index in [2.05, 4.69) is 25.1 Å². The number of aliphatic hydroxyl groups is 1. The van der Waals surface area contributed by atoms with Crippen LogP contribution in [-0.2, 0) is 5.79 Å². The summed E-state index contributed by atoms with van der Waals surface area (Å²) in [5.41, 5.74) is 4.91. The van der Waals surface area contributed by atoms with Crippen molar-refractivity contribution in [3.63, 3.8) is 0 Å². The molecule has 1 N–H and O–H groups in total. The third-order valence-corrected chi connectivity index (χ3v) is 4.30. The van der Waals surface area contributed by atoms with Crippen molar-refractivity contribution in [2.45, 2.75) is 12.7 Å². The van der Waals surface area contributed by atoms with E-state index in [-0.39, 0.29) is 0 Å². The van der Waals surface area contributed by atoms with E-state index in [1.807, 2.05) is 60.7 Å². The summed E-state index contributed by atoms with van der Waals surface area (Å²) < 4.78 is 5.99. The lowest BCUT2D eigenvalue weighted by atomic mass is 9.89. The molecule has 1 aliphatic heterocycles. The summed E-state index contributed by atoms with van der Waals surface area (Å²) in [6, 6.07) is 25.6. The molecular weight excluding hydrogens is 296 g/mol. The second-order valence-corrected chi connectivity index (χ2v) is 6.09. The maximum absolute atomic E-state index is 11.2. The second-order valence-electron chi connectivity index (χ2n) is 6.09. The Balaban J connectivity index is 1.94. The van der Waals surface area contributed by atoms with E-state index in [1.54, 1.807) is 6.08 Å². The Morgan fingerprint density at radius 3 is 2.21 bits per heavy atom. The van der Waals surface area contributed by atoms with Crippen molar-refractivity contribution in [3.8, 4) is 5.75 Å². The lowest BCUT2D eigenvalue weighted by molar-refractivity contribution is -0.103. The molecule has 0 saturated carbocycles. The Morgan fingerprint density at radius 2 is 1.50 bits per heavy atom. The molecule has 0 fully saturated rings. The fourth-order valence-electron chi connectivity index (χ4n) is 3.09. The first kappa shape index (κ1) is 14.7. The SMILES string of the molecule is Cc1ccc2c(c1)C(c1ccccc1)=CC(O)(c1ccccc1)O2. The molecule has 0 amide bonds. The van der Waals surface area contributed by atoms with Crippen molar-refractivity contribution in [2.75, 3.05) is 0 Å². The molecule has 3 aromatic rings. The fraction of sp³-hybridized carbons (Fsp3) is 0.0909. The molecule has 3 aromatic carbocycles. The van der Waals surface area contributed by atoms with Gasteiger partial charge in [-0.05, 0) is 30.2 Å². The Bertz CT molecular complexity index is 898. The van der Waals surface area contributed by atoms with Gasteiger partial charge in [-0.2, -0.15) is 0 Å². The van der Waals surface area contributed by atoms with Gasteiger partial charge in [0.2, 0.25) is 0 Å². The topological polar surface area (TPSA) is 29.5 Å². The smallest absolute Gasteiger partial charge is 0.255 e.